The molecule has 1 amide bonds. The highest BCUT2D eigenvalue weighted by atomic mass is 32.1. The van der Waals surface area contributed by atoms with Gasteiger partial charge in [-0.05, 0) is 59.1 Å². The third-order valence-corrected chi connectivity index (χ3v) is 7.67. The molecule has 2 aromatic heterocycles. The molecule has 5 rings (SSSR count). The Labute approximate surface area is 184 Å². The fourth-order valence-corrected chi connectivity index (χ4v) is 6.06. The van der Waals surface area contributed by atoms with E-state index in [2.05, 4.69) is 56.2 Å². The Hall–Kier alpha value is -2.19. The fraction of sp³-hybridized carbons (Fsp3) is 0.348. The van der Waals surface area contributed by atoms with Gasteiger partial charge in [0.2, 0.25) is 5.91 Å². The first-order valence-electron chi connectivity index (χ1n) is 10.3. The molecule has 0 bridgehead atoms. The minimum absolute atomic E-state index is 0.0364. The Bertz CT molecular complexity index is 978. The molecule has 3 aromatic rings. The highest BCUT2D eigenvalue weighted by molar-refractivity contribution is 7.10. The number of anilines is 2. The third kappa shape index (κ3) is 4.16. The summed E-state index contributed by atoms with van der Waals surface area (Å²) in [7, 11) is 0. The first kappa shape index (κ1) is 19.8. The predicted octanol–water partition coefficient (Wildman–Crippen LogP) is 4.23. The average Bonchev–Trinajstić information content (AvgIpc) is 3.47. The van der Waals surface area contributed by atoms with Crippen LogP contribution in [0, 0.1) is 0 Å². The molecule has 0 aliphatic carbocycles. The maximum atomic E-state index is 12.9. The number of hydrogen-bond acceptors (Lipinski definition) is 6. The van der Waals surface area contributed by atoms with Gasteiger partial charge in [0.05, 0.1) is 25.8 Å². The Balaban J connectivity index is 1.26. The zero-order chi connectivity index (χ0) is 20.3. The van der Waals surface area contributed by atoms with E-state index >= 15 is 0 Å². The van der Waals surface area contributed by atoms with Crippen LogP contribution in [-0.4, -0.2) is 50.2 Å². The van der Waals surface area contributed by atoms with E-state index in [9.17, 15) is 4.79 Å². The lowest BCUT2D eigenvalue weighted by molar-refractivity contribution is -0.117. The van der Waals surface area contributed by atoms with Crippen LogP contribution >= 0.6 is 22.7 Å². The lowest BCUT2D eigenvalue weighted by atomic mass is 9.98. The van der Waals surface area contributed by atoms with E-state index in [4.69, 9.17) is 4.74 Å². The van der Waals surface area contributed by atoms with Crippen molar-refractivity contribution in [2.45, 2.75) is 12.5 Å². The quantitative estimate of drug-likeness (QED) is 0.646. The number of carbonyl (C=O) groups is 1. The topological polar surface area (TPSA) is 44.8 Å². The number of thiophene rings is 2. The van der Waals surface area contributed by atoms with Gasteiger partial charge in [0, 0.05) is 40.8 Å². The highest BCUT2D eigenvalue weighted by Crippen LogP contribution is 2.39. The lowest BCUT2D eigenvalue weighted by Crippen LogP contribution is -2.40. The number of amides is 1. The van der Waals surface area contributed by atoms with Crippen LogP contribution in [-0.2, 0) is 16.0 Å². The van der Waals surface area contributed by atoms with Gasteiger partial charge in [-0.1, -0.05) is 6.07 Å². The van der Waals surface area contributed by atoms with Crippen LogP contribution in [0.15, 0.2) is 53.2 Å². The van der Waals surface area contributed by atoms with Gasteiger partial charge in [-0.15, -0.1) is 22.7 Å². The monoisotopic (exact) mass is 439 g/mol. The Morgan fingerprint density at radius 1 is 1.03 bits per heavy atom. The number of carbonyl (C=O) groups excluding carboxylic acids is 1. The van der Waals surface area contributed by atoms with Crippen LogP contribution in [0.1, 0.15) is 21.4 Å². The second-order valence-corrected chi connectivity index (χ2v) is 9.61. The number of fused-ring (bicyclic) bond motifs is 1. The minimum Gasteiger partial charge on any atom is -0.378 e. The van der Waals surface area contributed by atoms with E-state index in [1.54, 1.807) is 11.3 Å². The van der Waals surface area contributed by atoms with Gasteiger partial charge in [-0.3, -0.25) is 9.69 Å². The molecule has 1 aromatic carbocycles. The zero-order valence-electron chi connectivity index (χ0n) is 16.8. The van der Waals surface area contributed by atoms with Crippen molar-refractivity contribution in [2.75, 3.05) is 49.6 Å². The molecule has 4 heterocycles. The summed E-state index contributed by atoms with van der Waals surface area (Å²) in [4.78, 5) is 20.2. The number of rotatable bonds is 5. The molecule has 30 heavy (non-hydrogen) atoms. The van der Waals surface area contributed by atoms with E-state index < -0.39 is 0 Å². The van der Waals surface area contributed by atoms with Crippen molar-refractivity contribution < 1.29 is 9.53 Å². The number of hydrogen-bond donors (Lipinski definition) is 1. The van der Waals surface area contributed by atoms with Gasteiger partial charge >= 0.3 is 0 Å². The average molecular weight is 440 g/mol. The third-order valence-electron chi connectivity index (χ3n) is 5.75. The van der Waals surface area contributed by atoms with Crippen LogP contribution in [0.25, 0.3) is 0 Å². The van der Waals surface area contributed by atoms with Crippen molar-refractivity contribution in [3.8, 4) is 0 Å². The van der Waals surface area contributed by atoms with Gasteiger partial charge in [0.1, 0.15) is 0 Å². The van der Waals surface area contributed by atoms with Crippen molar-refractivity contribution in [3.63, 3.8) is 0 Å². The largest absolute Gasteiger partial charge is 0.378 e. The SMILES string of the molecule is O=C(CN1CCc2sccc2[C@@H]1c1cccs1)Nc1ccc(N2CCOCC2)cc1. The maximum Gasteiger partial charge on any atom is 0.238 e. The first-order chi connectivity index (χ1) is 14.8. The molecular formula is C23H25N3O2S2. The smallest absolute Gasteiger partial charge is 0.238 e. The number of nitrogens with one attached hydrogen (secondary N) is 1. The number of ether oxygens (including phenoxy) is 1. The van der Waals surface area contributed by atoms with Crippen LogP contribution in [0.2, 0.25) is 0 Å². The molecule has 2 aliphatic rings. The van der Waals surface area contributed by atoms with Gasteiger partial charge in [0.25, 0.3) is 0 Å². The molecule has 1 atom stereocenters. The minimum atomic E-state index is 0.0364. The zero-order valence-corrected chi connectivity index (χ0v) is 18.4. The molecule has 156 valence electrons. The first-order valence-corrected chi connectivity index (χ1v) is 12.1. The Morgan fingerprint density at radius 2 is 1.87 bits per heavy atom. The molecule has 7 heteroatoms. The second kappa shape index (κ2) is 8.89. The van der Waals surface area contributed by atoms with Gasteiger partial charge in [-0.25, -0.2) is 0 Å². The molecule has 1 fully saturated rings. The van der Waals surface area contributed by atoms with Crippen LogP contribution in [0.4, 0.5) is 11.4 Å². The molecule has 0 radical (unpaired) electrons. The molecule has 0 unspecified atom stereocenters. The summed E-state index contributed by atoms with van der Waals surface area (Å²) in [5, 5.41) is 7.37. The molecule has 5 nitrogen and oxygen atoms in total. The number of benzene rings is 1. The van der Waals surface area contributed by atoms with Crippen molar-refractivity contribution in [2.24, 2.45) is 0 Å². The summed E-state index contributed by atoms with van der Waals surface area (Å²) < 4.78 is 5.42. The number of nitrogens with zero attached hydrogens (tertiary/aromatic N) is 2. The Kier molecular flexibility index (Phi) is 5.86. The summed E-state index contributed by atoms with van der Waals surface area (Å²) in [6.07, 6.45) is 1.01. The molecule has 1 saturated heterocycles. The van der Waals surface area contributed by atoms with Crippen molar-refractivity contribution in [1.82, 2.24) is 4.90 Å². The summed E-state index contributed by atoms with van der Waals surface area (Å²) in [6, 6.07) is 14.8. The maximum absolute atomic E-state index is 12.9. The summed E-state index contributed by atoms with van der Waals surface area (Å²) in [5.74, 6) is 0.0364. The van der Waals surface area contributed by atoms with Gasteiger partial charge in [0.15, 0.2) is 0 Å². The van der Waals surface area contributed by atoms with E-state index in [1.165, 1.54) is 21.0 Å². The highest BCUT2D eigenvalue weighted by Gasteiger charge is 2.31. The van der Waals surface area contributed by atoms with Crippen molar-refractivity contribution >= 4 is 40.0 Å². The predicted molar refractivity (Wildman–Crippen MR) is 124 cm³/mol. The fourth-order valence-electron chi connectivity index (χ4n) is 4.28. The van der Waals surface area contributed by atoms with E-state index in [0.29, 0.717) is 6.54 Å². The Morgan fingerprint density at radius 3 is 2.63 bits per heavy atom. The van der Waals surface area contributed by atoms with Gasteiger partial charge < -0.3 is 15.0 Å². The van der Waals surface area contributed by atoms with Crippen molar-refractivity contribution in [1.29, 1.82) is 0 Å². The van der Waals surface area contributed by atoms with E-state index in [1.807, 2.05) is 23.5 Å². The lowest BCUT2D eigenvalue weighted by Gasteiger charge is -2.34. The standard InChI is InChI=1S/C23H25N3O2S2/c27-22(24-17-3-5-18(6-4-17)25-10-12-28-13-11-25)16-26-9-7-20-19(8-15-30-20)23(26)21-2-1-14-29-21/h1-6,8,14-15,23H,7,9-13,16H2,(H,24,27)/t23-/m1/s1. The molecule has 1 N–H and O–H groups in total. The van der Waals surface area contributed by atoms with Crippen LogP contribution in [0.5, 0.6) is 0 Å². The molecule has 0 spiro atoms. The number of morpholine rings is 1. The van der Waals surface area contributed by atoms with Gasteiger partial charge in [-0.2, -0.15) is 0 Å². The molecule has 0 saturated carbocycles. The summed E-state index contributed by atoms with van der Waals surface area (Å²) in [6.45, 7) is 4.66. The van der Waals surface area contributed by atoms with Crippen molar-refractivity contribution in [3.05, 3.63) is 68.5 Å². The van der Waals surface area contributed by atoms with E-state index in [-0.39, 0.29) is 11.9 Å². The molecule has 2 aliphatic heterocycles. The second-order valence-electron chi connectivity index (χ2n) is 7.63. The van der Waals surface area contributed by atoms with E-state index in [0.717, 1.165) is 45.0 Å². The summed E-state index contributed by atoms with van der Waals surface area (Å²) in [5.41, 5.74) is 3.38. The normalized spacial score (nSPS) is 19.5. The molecular weight excluding hydrogens is 414 g/mol. The van der Waals surface area contributed by atoms with Crippen LogP contribution < -0.4 is 10.2 Å². The summed E-state index contributed by atoms with van der Waals surface area (Å²) >= 11 is 3.59. The van der Waals surface area contributed by atoms with Crippen LogP contribution in [0.3, 0.4) is 0 Å².